The molecule has 8 nitrogen and oxygen atoms in total. The third kappa shape index (κ3) is 5.47. The van der Waals surface area contributed by atoms with Crippen LogP contribution in [-0.2, 0) is 9.53 Å². The number of nitrogens with zero attached hydrogens (tertiary/aromatic N) is 2. The quantitative estimate of drug-likeness (QED) is 0.391. The number of amides is 2. The zero-order valence-corrected chi connectivity index (χ0v) is 18.7. The van der Waals surface area contributed by atoms with E-state index in [0.29, 0.717) is 11.3 Å². The monoisotopic (exact) mass is 456 g/mol. The van der Waals surface area contributed by atoms with Crippen LogP contribution in [0.4, 0.5) is 5.69 Å². The van der Waals surface area contributed by atoms with Gasteiger partial charge in [-0.15, -0.1) is 0 Å². The van der Waals surface area contributed by atoms with Crippen molar-refractivity contribution in [2.45, 2.75) is 13.3 Å². The van der Waals surface area contributed by atoms with Crippen LogP contribution in [0.5, 0.6) is 0 Å². The summed E-state index contributed by atoms with van der Waals surface area (Å²) >= 11 is 0. The van der Waals surface area contributed by atoms with Crippen LogP contribution in [0.1, 0.15) is 34.2 Å². The molecule has 0 aliphatic rings. The van der Waals surface area contributed by atoms with Crippen molar-refractivity contribution in [2.75, 3.05) is 18.5 Å². The zero-order valence-electron chi connectivity index (χ0n) is 18.7. The summed E-state index contributed by atoms with van der Waals surface area (Å²) in [6, 6.07) is 22.0. The second-order valence-electron chi connectivity index (χ2n) is 7.53. The molecule has 0 saturated carbocycles. The SMILES string of the molecule is CCOC(=O)c1ccn(-c2ccc(NC(=O)CCNC(=O)c3ccc4ccccc4c3)cc2)n1. The van der Waals surface area contributed by atoms with Crippen molar-refractivity contribution in [1.82, 2.24) is 15.1 Å². The summed E-state index contributed by atoms with van der Waals surface area (Å²) in [6.07, 6.45) is 1.81. The number of aromatic nitrogens is 2. The first-order valence-electron chi connectivity index (χ1n) is 10.9. The minimum absolute atomic E-state index is 0.142. The molecule has 4 rings (SSSR count). The van der Waals surface area contributed by atoms with Gasteiger partial charge in [0.2, 0.25) is 5.91 Å². The molecule has 0 fully saturated rings. The van der Waals surface area contributed by atoms with E-state index >= 15 is 0 Å². The third-order valence-corrected chi connectivity index (χ3v) is 5.14. The average Bonchev–Trinajstić information content (AvgIpc) is 3.35. The predicted molar refractivity (Wildman–Crippen MR) is 129 cm³/mol. The van der Waals surface area contributed by atoms with Crippen LogP contribution < -0.4 is 10.6 Å². The second kappa shape index (κ2) is 10.4. The summed E-state index contributed by atoms with van der Waals surface area (Å²) in [6.45, 7) is 2.24. The van der Waals surface area contributed by atoms with Crippen LogP contribution >= 0.6 is 0 Å². The number of benzene rings is 3. The van der Waals surface area contributed by atoms with E-state index in [2.05, 4.69) is 15.7 Å². The molecule has 0 unspecified atom stereocenters. The Balaban J connectivity index is 1.27. The van der Waals surface area contributed by atoms with Gasteiger partial charge < -0.3 is 15.4 Å². The number of hydrogen-bond acceptors (Lipinski definition) is 5. The van der Waals surface area contributed by atoms with E-state index in [1.807, 2.05) is 36.4 Å². The number of esters is 1. The largest absolute Gasteiger partial charge is 0.461 e. The van der Waals surface area contributed by atoms with E-state index in [-0.39, 0.29) is 37.1 Å². The van der Waals surface area contributed by atoms with Gasteiger partial charge >= 0.3 is 5.97 Å². The Morgan fingerprint density at radius 3 is 2.47 bits per heavy atom. The van der Waals surface area contributed by atoms with Crippen LogP contribution in [0.3, 0.4) is 0 Å². The Labute approximate surface area is 196 Å². The van der Waals surface area contributed by atoms with E-state index < -0.39 is 5.97 Å². The lowest BCUT2D eigenvalue weighted by molar-refractivity contribution is -0.116. The zero-order chi connectivity index (χ0) is 23.9. The molecule has 34 heavy (non-hydrogen) atoms. The molecule has 8 heteroatoms. The fraction of sp³-hybridized carbons (Fsp3) is 0.154. The molecule has 1 aromatic heterocycles. The van der Waals surface area contributed by atoms with Crippen molar-refractivity contribution >= 4 is 34.2 Å². The second-order valence-corrected chi connectivity index (χ2v) is 7.53. The molecular weight excluding hydrogens is 432 g/mol. The molecule has 0 aliphatic carbocycles. The van der Waals surface area contributed by atoms with Gasteiger partial charge in [0.05, 0.1) is 12.3 Å². The molecule has 0 radical (unpaired) electrons. The number of anilines is 1. The molecule has 4 aromatic rings. The standard InChI is InChI=1S/C26H24N4O4/c1-2-34-26(33)23-14-16-30(29-23)22-11-9-21(10-12-22)28-24(31)13-15-27-25(32)20-8-7-18-5-3-4-6-19(18)17-20/h3-12,14,16-17H,2,13,15H2,1H3,(H,27,32)(H,28,31). The molecular formula is C26H24N4O4. The smallest absolute Gasteiger partial charge is 0.358 e. The number of nitrogens with one attached hydrogen (secondary N) is 2. The van der Waals surface area contributed by atoms with Gasteiger partial charge in [-0.1, -0.05) is 30.3 Å². The Morgan fingerprint density at radius 2 is 1.71 bits per heavy atom. The first-order valence-corrected chi connectivity index (χ1v) is 10.9. The fourth-order valence-electron chi connectivity index (χ4n) is 3.42. The van der Waals surface area contributed by atoms with Crippen molar-refractivity contribution < 1.29 is 19.1 Å². The van der Waals surface area contributed by atoms with Crippen molar-refractivity contribution in [3.63, 3.8) is 0 Å². The highest BCUT2D eigenvalue weighted by atomic mass is 16.5. The average molecular weight is 457 g/mol. The van der Waals surface area contributed by atoms with Gasteiger partial charge in [-0.2, -0.15) is 5.10 Å². The van der Waals surface area contributed by atoms with Crippen LogP contribution in [0.25, 0.3) is 16.5 Å². The number of fused-ring (bicyclic) bond motifs is 1. The Morgan fingerprint density at radius 1 is 0.941 bits per heavy atom. The summed E-state index contributed by atoms with van der Waals surface area (Å²) < 4.78 is 6.50. The van der Waals surface area contributed by atoms with Gasteiger partial charge in [-0.3, -0.25) is 9.59 Å². The molecule has 0 atom stereocenters. The molecule has 0 spiro atoms. The van der Waals surface area contributed by atoms with E-state index in [0.717, 1.165) is 16.5 Å². The van der Waals surface area contributed by atoms with Gasteiger partial charge in [0.25, 0.3) is 5.91 Å². The molecule has 172 valence electrons. The van der Waals surface area contributed by atoms with Gasteiger partial charge in [0, 0.05) is 30.4 Å². The summed E-state index contributed by atoms with van der Waals surface area (Å²) in [5.74, 6) is -0.905. The van der Waals surface area contributed by atoms with Gasteiger partial charge in [0.15, 0.2) is 5.69 Å². The lowest BCUT2D eigenvalue weighted by atomic mass is 10.1. The minimum atomic E-state index is -0.474. The van der Waals surface area contributed by atoms with Crippen LogP contribution in [0, 0.1) is 0 Å². The summed E-state index contributed by atoms with van der Waals surface area (Å²) in [4.78, 5) is 36.4. The van der Waals surface area contributed by atoms with E-state index in [4.69, 9.17) is 4.74 Å². The van der Waals surface area contributed by atoms with Crippen LogP contribution in [0.15, 0.2) is 79.0 Å². The molecule has 2 amide bonds. The number of hydrogen-bond donors (Lipinski definition) is 2. The van der Waals surface area contributed by atoms with Crippen LogP contribution in [-0.4, -0.2) is 40.7 Å². The maximum Gasteiger partial charge on any atom is 0.358 e. The van der Waals surface area contributed by atoms with E-state index in [9.17, 15) is 14.4 Å². The molecule has 0 saturated heterocycles. The predicted octanol–water partition coefficient (Wildman–Crippen LogP) is 3.96. The van der Waals surface area contributed by atoms with Crippen molar-refractivity contribution in [3.8, 4) is 5.69 Å². The van der Waals surface area contributed by atoms with E-state index in [1.54, 1.807) is 54.2 Å². The highest BCUT2D eigenvalue weighted by Gasteiger charge is 2.11. The topological polar surface area (TPSA) is 102 Å². The molecule has 0 aliphatic heterocycles. The third-order valence-electron chi connectivity index (χ3n) is 5.14. The number of rotatable bonds is 8. The van der Waals surface area contributed by atoms with Crippen molar-refractivity contribution in [1.29, 1.82) is 0 Å². The fourth-order valence-corrected chi connectivity index (χ4v) is 3.42. The maximum atomic E-state index is 12.4. The minimum Gasteiger partial charge on any atom is -0.461 e. The molecule has 2 N–H and O–H groups in total. The van der Waals surface area contributed by atoms with Gasteiger partial charge in [-0.05, 0) is 60.2 Å². The highest BCUT2D eigenvalue weighted by molar-refractivity contribution is 5.99. The Hall–Kier alpha value is -4.46. The lowest BCUT2D eigenvalue weighted by Gasteiger charge is -2.08. The Kier molecular flexibility index (Phi) is 6.98. The number of carbonyl (C=O) groups is 3. The van der Waals surface area contributed by atoms with Crippen molar-refractivity contribution in [2.24, 2.45) is 0 Å². The number of carbonyl (C=O) groups excluding carboxylic acids is 3. The summed E-state index contributed by atoms with van der Waals surface area (Å²) in [7, 11) is 0. The highest BCUT2D eigenvalue weighted by Crippen LogP contribution is 2.16. The van der Waals surface area contributed by atoms with Crippen molar-refractivity contribution in [3.05, 3.63) is 90.3 Å². The summed E-state index contributed by atoms with van der Waals surface area (Å²) in [5, 5.41) is 11.8. The lowest BCUT2D eigenvalue weighted by Crippen LogP contribution is -2.27. The summed E-state index contributed by atoms with van der Waals surface area (Å²) in [5.41, 5.74) is 2.13. The molecule has 0 bridgehead atoms. The molecule has 3 aromatic carbocycles. The van der Waals surface area contributed by atoms with Gasteiger partial charge in [0.1, 0.15) is 0 Å². The Bertz CT molecular complexity index is 1330. The number of ether oxygens (including phenoxy) is 1. The molecule has 1 heterocycles. The normalized spacial score (nSPS) is 10.6. The first kappa shape index (κ1) is 22.7. The van der Waals surface area contributed by atoms with E-state index in [1.165, 1.54) is 0 Å². The maximum absolute atomic E-state index is 12.4. The van der Waals surface area contributed by atoms with Gasteiger partial charge in [-0.25, -0.2) is 9.48 Å². The first-order chi connectivity index (χ1) is 16.5. The van der Waals surface area contributed by atoms with Crippen LogP contribution in [0.2, 0.25) is 0 Å².